The van der Waals surface area contributed by atoms with Crippen LogP contribution < -0.4 is 5.43 Å². The van der Waals surface area contributed by atoms with Gasteiger partial charge in [-0.05, 0) is 25.0 Å². The summed E-state index contributed by atoms with van der Waals surface area (Å²) >= 11 is 0. The number of hydrogen-bond acceptors (Lipinski definition) is 4. The number of fused-ring (bicyclic) bond motifs is 3. The molecular weight excluding hydrogens is 252 g/mol. The molecule has 3 atom stereocenters. The van der Waals surface area contributed by atoms with E-state index in [1.165, 1.54) is 11.1 Å². The maximum Gasteiger partial charge on any atom is 0.227 e. The molecule has 108 valence electrons. The highest BCUT2D eigenvalue weighted by Crippen LogP contribution is 2.41. The van der Waals surface area contributed by atoms with Crippen molar-refractivity contribution in [2.45, 2.75) is 38.9 Å². The molecule has 0 aromatic heterocycles. The zero-order valence-corrected chi connectivity index (χ0v) is 12.3. The second kappa shape index (κ2) is 5.05. The van der Waals surface area contributed by atoms with Crippen LogP contribution in [-0.4, -0.2) is 47.8 Å². The Balaban J connectivity index is 2.03. The van der Waals surface area contributed by atoms with E-state index in [1.54, 1.807) is 0 Å². The number of hydrogen-bond donors (Lipinski definition) is 1. The lowest BCUT2D eigenvalue weighted by molar-refractivity contribution is -0.135. The normalized spacial score (nSPS) is 32.5. The molecule has 1 fully saturated rings. The predicted molar refractivity (Wildman–Crippen MR) is 78.9 cm³/mol. The highest BCUT2D eigenvalue weighted by Gasteiger charge is 2.43. The molecule has 1 N–H and O–H groups in total. The largest absolute Gasteiger partial charge is 0.339 e. The first-order chi connectivity index (χ1) is 9.67. The first-order valence-electron chi connectivity index (χ1n) is 7.34. The van der Waals surface area contributed by atoms with Gasteiger partial charge in [0.05, 0.1) is 6.42 Å². The minimum atomic E-state index is 0.0388. The maximum atomic E-state index is 12.2. The molecule has 0 saturated carbocycles. The summed E-state index contributed by atoms with van der Waals surface area (Å²) in [5, 5.41) is 2.01. The molecule has 0 aliphatic carbocycles. The number of nitrogens with zero attached hydrogens (tertiary/aromatic N) is 3. The summed E-state index contributed by atoms with van der Waals surface area (Å²) in [6, 6.07) is 0.216. The summed E-state index contributed by atoms with van der Waals surface area (Å²) in [5.74, 6) is 0.552. The molecular formula is C15H22N4O. The van der Waals surface area contributed by atoms with Gasteiger partial charge in [0.1, 0.15) is 0 Å². The highest BCUT2D eigenvalue weighted by molar-refractivity contribution is 5.81. The summed E-state index contributed by atoms with van der Waals surface area (Å²) in [6.45, 7) is 4.99. The van der Waals surface area contributed by atoms with E-state index in [0.29, 0.717) is 12.3 Å². The van der Waals surface area contributed by atoms with Gasteiger partial charge in [-0.1, -0.05) is 6.08 Å². The number of rotatable bonds is 2. The third-order valence-corrected chi connectivity index (χ3v) is 4.58. The fraction of sp³-hybridized carbons (Fsp3) is 0.600. The molecule has 0 spiro atoms. The van der Waals surface area contributed by atoms with Crippen molar-refractivity contribution >= 4 is 12.1 Å². The Morgan fingerprint density at radius 2 is 2.30 bits per heavy atom. The first-order valence-corrected chi connectivity index (χ1v) is 7.34. The van der Waals surface area contributed by atoms with Gasteiger partial charge in [-0.3, -0.25) is 14.8 Å². The molecule has 3 rings (SSSR count). The van der Waals surface area contributed by atoms with Crippen molar-refractivity contribution in [3.63, 3.8) is 0 Å². The van der Waals surface area contributed by atoms with E-state index in [4.69, 9.17) is 0 Å². The highest BCUT2D eigenvalue weighted by atomic mass is 16.2. The molecule has 0 aromatic carbocycles. The molecule has 20 heavy (non-hydrogen) atoms. The number of carbonyl (C=O) groups excluding carboxylic acids is 1. The zero-order chi connectivity index (χ0) is 14.3. The van der Waals surface area contributed by atoms with Crippen molar-refractivity contribution in [3.05, 3.63) is 23.4 Å². The van der Waals surface area contributed by atoms with Gasteiger partial charge in [-0.15, -0.1) is 0 Å². The van der Waals surface area contributed by atoms with E-state index in [0.717, 1.165) is 13.0 Å². The smallest absolute Gasteiger partial charge is 0.227 e. The lowest BCUT2D eigenvalue weighted by atomic mass is 9.76. The number of nitrogens with one attached hydrogen (secondary N) is 1. The van der Waals surface area contributed by atoms with E-state index >= 15 is 0 Å². The van der Waals surface area contributed by atoms with E-state index in [9.17, 15) is 4.79 Å². The molecule has 1 saturated heterocycles. The van der Waals surface area contributed by atoms with Crippen molar-refractivity contribution in [2.24, 2.45) is 10.9 Å². The van der Waals surface area contributed by atoms with E-state index in [1.807, 2.05) is 23.2 Å². The third-order valence-electron chi connectivity index (χ3n) is 4.58. The molecule has 3 heterocycles. The minimum absolute atomic E-state index is 0.0388. The average molecular weight is 274 g/mol. The van der Waals surface area contributed by atoms with Crippen molar-refractivity contribution in [1.29, 1.82) is 0 Å². The second-order valence-electron chi connectivity index (χ2n) is 5.55. The number of allylic oxidation sites excluding steroid dienone is 1. The van der Waals surface area contributed by atoms with E-state index < -0.39 is 0 Å². The van der Waals surface area contributed by atoms with Gasteiger partial charge >= 0.3 is 0 Å². The minimum Gasteiger partial charge on any atom is -0.339 e. The van der Waals surface area contributed by atoms with E-state index in [2.05, 4.69) is 36.5 Å². The van der Waals surface area contributed by atoms with Gasteiger partial charge in [0.15, 0.2) is 6.17 Å². The zero-order valence-electron chi connectivity index (χ0n) is 12.3. The summed E-state index contributed by atoms with van der Waals surface area (Å²) in [7, 11) is 1.89. The number of piperidine rings is 1. The topological polar surface area (TPSA) is 47.9 Å². The Morgan fingerprint density at radius 3 is 3.00 bits per heavy atom. The number of aliphatic imine (C=N–C) groups is 1. The number of hydrazine groups is 1. The number of likely N-dealkylation sites (tertiary alicyclic amines) is 1. The average Bonchev–Trinajstić information content (AvgIpc) is 2.46. The van der Waals surface area contributed by atoms with Crippen LogP contribution in [0.25, 0.3) is 0 Å². The molecule has 3 unspecified atom stereocenters. The van der Waals surface area contributed by atoms with Gasteiger partial charge in [-0.2, -0.15) is 0 Å². The van der Waals surface area contributed by atoms with Gasteiger partial charge < -0.3 is 4.90 Å². The lowest BCUT2D eigenvalue weighted by Crippen LogP contribution is -2.54. The van der Waals surface area contributed by atoms with Gasteiger partial charge in [0.25, 0.3) is 0 Å². The Labute approximate surface area is 120 Å². The fourth-order valence-electron chi connectivity index (χ4n) is 3.68. The quantitative estimate of drug-likeness (QED) is 0.772. The molecule has 0 aromatic rings. The van der Waals surface area contributed by atoms with Crippen LogP contribution in [0.15, 0.2) is 28.4 Å². The van der Waals surface area contributed by atoms with Crippen molar-refractivity contribution < 1.29 is 4.79 Å². The van der Waals surface area contributed by atoms with E-state index in [-0.39, 0.29) is 18.1 Å². The summed E-state index contributed by atoms with van der Waals surface area (Å²) in [6.07, 6.45) is 7.77. The fourth-order valence-corrected chi connectivity index (χ4v) is 3.68. The Kier molecular flexibility index (Phi) is 3.38. The van der Waals surface area contributed by atoms with Crippen molar-refractivity contribution in [2.75, 3.05) is 13.6 Å². The number of dihydropyridines is 1. The van der Waals surface area contributed by atoms with Crippen LogP contribution in [0, 0.1) is 5.92 Å². The van der Waals surface area contributed by atoms with Gasteiger partial charge in [0.2, 0.25) is 5.91 Å². The van der Waals surface area contributed by atoms with Crippen LogP contribution in [0.4, 0.5) is 0 Å². The number of carbonyl (C=O) groups is 1. The van der Waals surface area contributed by atoms with Crippen LogP contribution in [0.1, 0.15) is 26.7 Å². The molecule has 3 aliphatic rings. The van der Waals surface area contributed by atoms with Crippen LogP contribution in [0.2, 0.25) is 0 Å². The maximum absolute atomic E-state index is 12.2. The molecule has 5 heteroatoms. The summed E-state index contributed by atoms with van der Waals surface area (Å²) < 4.78 is 0. The molecule has 0 bridgehead atoms. The Morgan fingerprint density at radius 1 is 1.50 bits per heavy atom. The van der Waals surface area contributed by atoms with Crippen molar-refractivity contribution in [1.82, 2.24) is 15.3 Å². The molecule has 5 nitrogen and oxygen atoms in total. The number of amides is 1. The predicted octanol–water partition coefficient (Wildman–Crippen LogP) is 1.30. The van der Waals surface area contributed by atoms with Gasteiger partial charge in [0, 0.05) is 44.4 Å². The Bertz CT molecular complexity index is 508. The lowest BCUT2D eigenvalue weighted by Gasteiger charge is -2.47. The second-order valence-corrected chi connectivity index (χ2v) is 5.55. The first kappa shape index (κ1) is 13.4. The summed E-state index contributed by atoms with van der Waals surface area (Å²) in [4.78, 5) is 18.9. The third kappa shape index (κ3) is 1.88. The molecule has 1 amide bonds. The standard InChI is InChI=1S/C15H22N4O/c1-4-18-10(2)14-11(8-13(18)20)9-19(16-3)15-12(14)6-5-7-17-15/h6-7,9-10,14-16H,4-5,8H2,1-3H3. The van der Waals surface area contributed by atoms with Crippen molar-refractivity contribution in [3.8, 4) is 0 Å². The van der Waals surface area contributed by atoms with Crippen LogP contribution in [0.5, 0.6) is 0 Å². The van der Waals surface area contributed by atoms with Crippen LogP contribution in [0.3, 0.4) is 0 Å². The SMILES string of the molecule is CCN1C(=O)CC2=CN(NC)C3N=CCC=C3C2C1C. The van der Waals surface area contributed by atoms with Crippen LogP contribution >= 0.6 is 0 Å². The van der Waals surface area contributed by atoms with Crippen LogP contribution in [-0.2, 0) is 4.79 Å². The van der Waals surface area contributed by atoms with Gasteiger partial charge in [-0.25, -0.2) is 5.43 Å². The monoisotopic (exact) mass is 274 g/mol. The molecule has 3 aliphatic heterocycles. The molecule has 0 radical (unpaired) electrons. The Hall–Kier alpha value is -1.62. The summed E-state index contributed by atoms with van der Waals surface area (Å²) in [5.41, 5.74) is 5.71.